The van der Waals surface area contributed by atoms with E-state index in [-0.39, 0.29) is 17.1 Å². The number of hydrogen-bond donors (Lipinski definition) is 2. The first-order valence-corrected chi connectivity index (χ1v) is 8.22. The molecule has 0 bridgehead atoms. The molecule has 4 nitrogen and oxygen atoms in total. The SMILES string of the molecule is O=C(/C=c1/[nH]c(=O)/c(=C/c2cccc(O)c2)s1)c1ccc(Cl)cc1. The summed E-state index contributed by atoms with van der Waals surface area (Å²) in [7, 11) is 0. The lowest BCUT2D eigenvalue weighted by molar-refractivity contribution is 0.106. The second-order valence-corrected chi connectivity index (χ2v) is 6.56. The maximum Gasteiger partial charge on any atom is 0.266 e. The van der Waals surface area contributed by atoms with Crippen LogP contribution in [-0.4, -0.2) is 15.9 Å². The third-order valence-corrected chi connectivity index (χ3v) is 4.45. The van der Waals surface area contributed by atoms with Crippen molar-refractivity contribution in [3.05, 3.63) is 84.2 Å². The molecule has 3 aromatic rings. The van der Waals surface area contributed by atoms with Gasteiger partial charge in [0.05, 0.1) is 9.20 Å². The molecule has 3 rings (SSSR count). The van der Waals surface area contributed by atoms with E-state index in [1.54, 1.807) is 54.6 Å². The first-order chi connectivity index (χ1) is 11.5. The number of rotatable bonds is 3. The van der Waals surface area contributed by atoms with Crippen LogP contribution in [0.5, 0.6) is 5.75 Å². The number of Topliss-reactive ketones (excluding diaryl/α,β-unsaturated/α-hetero) is 1. The number of hydrogen-bond acceptors (Lipinski definition) is 4. The number of carbonyl (C=O) groups excluding carboxylic acids is 1. The zero-order valence-corrected chi connectivity index (χ0v) is 13.9. The summed E-state index contributed by atoms with van der Waals surface area (Å²) in [6.07, 6.45) is 3.04. The number of thiazole rings is 1. The molecule has 0 aliphatic heterocycles. The Hall–Kier alpha value is -2.63. The van der Waals surface area contributed by atoms with Gasteiger partial charge in [0, 0.05) is 16.7 Å². The molecule has 0 atom stereocenters. The van der Waals surface area contributed by atoms with Crippen LogP contribution >= 0.6 is 22.9 Å². The summed E-state index contributed by atoms with van der Waals surface area (Å²) in [5.41, 5.74) is 0.920. The highest BCUT2D eigenvalue weighted by molar-refractivity contribution is 7.07. The van der Waals surface area contributed by atoms with Crippen molar-refractivity contribution in [2.24, 2.45) is 0 Å². The molecule has 120 valence electrons. The van der Waals surface area contributed by atoms with Crippen LogP contribution in [0, 0.1) is 0 Å². The number of ketones is 1. The van der Waals surface area contributed by atoms with E-state index in [1.807, 2.05) is 0 Å². The highest BCUT2D eigenvalue weighted by Gasteiger charge is 2.03. The summed E-state index contributed by atoms with van der Waals surface area (Å²) >= 11 is 6.98. The summed E-state index contributed by atoms with van der Waals surface area (Å²) in [6.45, 7) is 0. The monoisotopic (exact) mass is 357 g/mol. The Morgan fingerprint density at radius 2 is 1.92 bits per heavy atom. The first-order valence-electron chi connectivity index (χ1n) is 7.03. The van der Waals surface area contributed by atoms with E-state index >= 15 is 0 Å². The van der Waals surface area contributed by atoms with Crippen molar-refractivity contribution < 1.29 is 9.90 Å². The standard InChI is InChI=1S/C18H12ClNO3S/c19-13-6-4-12(5-7-13)15(22)10-17-20-18(23)16(24-17)9-11-2-1-3-14(21)8-11/h1-10,21H,(H,20,23)/b16-9-,17-10-. The minimum absolute atomic E-state index is 0.126. The second-order valence-electron chi connectivity index (χ2n) is 5.04. The van der Waals surface area contributed by atoms with E-state index in [0.717, 1.165) is 0 Å². The Labute approximate surface area is 146 Å². The number of aromatic amines is 1. The molecule has 0 radical (unpaired) electrons. The van der Waals surface area contributed by atoms with Gasteiger partial charge in [0.25, 0.3) is 5.56 Å². The fourth-order valence-electron chi connectivity index (χ4n) is 2.11. The molecule has 0 unspecified atom stereocenters. The van der Waals surface area contributed by atoms with Crippen molar-refractivity contribution in [1.82, 2.24) is 4.98 Å². The van der Waals surface area contributed by atoms with Crippen molar-refractivity contribution in [2.45, 2.75) is 0 Å². The number of carbonyl (C=O) groups is 1. The topological polar surface area (TPSA) is 70.2 Å². The summed E-state index contributed by atoms with van der Waals surface area (Å²) in [6, 6.07) is 13.1. The van der Waals surface area contributed by atoms with Crippen LogP contribution in [0.3, 0.4) is 0 Å². The predicted octanol–water partition coefficient (Wildman–Crippen LogP) is 2.29. The third-order valence-electron chi connectivity index (χ3n) is 3.24. The van der Waals surface area contributed by atoms with Crippen molar-refractivity contribution in [3.63, 3.8) is 0 Å². The predicted molar refractivity (Wildman–Crippen MR) is 96.1 cm³/mol. The number of phenols is 1. The van der Waals surface area contributed by atoms with Crippen molar-refractivity contribution >= 4 is 40.9 Å². The molecule has 2 N–H and O–H groups in total. The van der Waals surface area contributed by atoms with Crippen LogP contribution in [-0.2, 0) is 0 Å². The lowest BCUT2D eigenvalue weighted by atomic mass is 10.1. The lowest BCUT2D eigenvalue weighted by Crippen LogP contribution is -2.19. The molecular weight excluding hydrogens is 346 g/mol. The van der Waals surface area contributed by atoms with Gasteiger partial charge in [0.15, 0.2) is 5.78 Å². The minimum Gasteiger partial charge on any atom is -0.508 e. The van der Waals surface area contributed by atoms with Crippen molar-refractivity contribution in [1.29, 1.82) is 0 Å². The zero-order chi connectivity index (χ0) is 17.1. The molecular formula is C18H12ClNO3S. The molecule has 2 aromatic carbocycles. The maximum atomic E-state index is 12.2. The number of H-pyrrole nitrogens is 1. The van der Waals surface area contributed by atoms with Crippen LogP contribution < -0.4 is 14.8 Å². The van der Waals surface area contributed by atoms with Gasteiger partial charge in [-0.05, 0) is 48.0 Å². The summed E-state index contributed by atoms with van der Waals surface area (Å²) in [5.74, 6) is -0.0884. The van der Waals surface area contributed by atoms with Crippen molar-refractivity contribution in [3.8, 4) is 5.75 Å². The zero-order valence-electron chi connectivity index (χ0n) is 12.3. The summed E-state index contributed by atoms with van der Waals surface area (Å²) in [4.78, 5) is 26.9. The molecule has 0 spiro atoms. The van der Waals surface area contributed by atoms with Gasteiger partial charge in [0.2, 0.25) is 0 Å². The molecule has 0 saturated carbocycles. The van der Waals surface area contributed by atoms with E-state index in [4.69, 9.17) is 11.6 Å². The molecule has 0 aliphatic rings. The van der Waals surface area contributed by atoms with Gasteiger partial charge in [-0.3, -0.25) is 9.59 Å². The lowest BCUT2D eigenvalue weighted by Gasteiger charge is -1.94. The molecule has 24 heavy (non-hydrogen) atoms. The Morgan fingerprint density at radius 3 is 2.62 bits per heavy atom. The van der Waals surface area contributed by atoms with E-state index in [0.29, 0.717) is 25.3 Å². The Kier molecular flexibility index (Phi) is 4.64. The van der Waals surface area contributed by atoms with Gasteiger partial charge in [-0.15, -0.1) is 11.3 Å². The molecule has 0 aliphatic carbocycles. The third kappa shape index (κ3) is 3.82. The normalized spacial score (nSPS) is 12.5. The highest BCUT2D eigenvalue weighted by atomic mass is 35.5. The van der Waals surface area contributed by atoms with Gasteiger partial charge < -0.3 is 10.1 Å². The van der Waals surface area contributed by atoms with E-state index in [1.165, 1.54) is 17.4 Å². The highest BCUT2D eigenvalue weighted by Crippen LogP contribution is 2.11. The van der Waals surface area contributed by atoms with E-state index in [9.17, 15) is 14.7 Å². The molecule has 6 heteroatoms. The van der Waals surface area contributed by atoms with Crippen LogP contribution in [0.25, 0.3) is 12.2 Å². The van der Waals surface area contributed by atoms with Crippen LogP contribution in [0.1, 0.15) is 15.9 Å². The molecule has 1 aromatic heterocycles. The van der Waals surface area contributed by atoms with E-state index < -0.39 is 0 Å². The van der Waals surface area contributed by atoms with E-state index in [2.05, 4.69) is 4.98 Å². The fraction of sp³-hybridized carbons (Fsp3) is 0. The first kappa shape index (κ1) is 16.2. The Bertz CT molecular complexity index is 1060. The number of phenolic OH excluding ortho intramolecular Hbond substituents is 1. The van der Waals surface area contributed by atoms with Gasteiger partial charge in [-0.1, -0.05) is 23.7 Å². The average molecular weight is 358 g/mol. The molecule has 0 saturated heterocycles. The Balaban J connectivity index is 1.98. The maximum absolute atomic E-state index is 12.2. The quantitative estimate of drug-likeness (QED) is 0.706. The van der Waals surface area contributed by atoms with Gasteiger partial charge in [-0.25, -0.2) is 0 Å². The molecule has 0 amide bonds. The van der Waals surface area contributed by atoms with Gasteiger partial charge >= 0.3 is 0 Å². The van der Waals surface area contributed by atoms with Crippen LogP contribution in [0.15, 0.2) is 53.3 Å². The van der Waals surface area contributed by atoms with Crippen LogP contribution in [0.4, 0.5) is 0 Å². The number of aromatic nitrogens is 1. The molecule has 0 fully saturated rings. The summed E-state index contributed by atoms with van der Waals surface area (Å²) < 4.78 is 0.919. The van der Waals surface area contributed by atoms with Gasteiger partial charge in [0.1, 0.15) is 5.75 Å². The number of halogens is 1. The Morgan fingerprint density at radius 1 is 1.17 bits per heavy atom. The average Bonchev–Trinajstić information content (AvgIpc) is 2.87. The fourth-order valence-corrected chi connectivity index (χ4v) is 3.12. The largest absolute Gasteiger partial charge is 0.508 e. The van der Waals surface area contributed by atoms with Gasteiger partial charge in [-0.2, -0.15) is 0 Å². The summed E-state index contributed by atoms with van der Waals surface area (Å²) in [5, 5.41) is 10.0. The number of benzene rings is 2. The smallest absolute Gasteiger partial charge is 0.266 e. The number of aromatic hydroxyl groups is 1. The molecule has 1 heterocycles. The second kappa shape index (κ2) is 6.86. The van der Waals surface area contributed by atoms with Crippen LogP contribution in [0.2, 0.25) is 5.02 Å². The minimum atomic E-state index is -0.279. The number of nitrogens with one attached hydrogen (secondary N) is 1. The van der Waals surface area contributed by atoms with Crippen molar-refractivity contribution in [2.75, 3.05) is 0 Å².